The summed E-state index contributed by atoms with van der Waals surface area (Å²) in [5, 5.41) is 1.19. The number of halogens is 34. The molecule has 0 bridgehead atoms. The molecule has 0 amide bonds. The lowest BCUT2D eigenvalue weighted by Gasteiger charge is -2.42. The molecule has 0 atom stereocenters. The summed E-state index contributed by atoms with van der Waals surface area (Å²) in [6, 6.07) is 14.8. The van der Waals surface area contributed by atoms with Crippen LogP contribution in [-0.4, -0.2) is 114 Å². The van der Waals surface area contributed by atoms with Crippen LogP contribution in [0.5, 0.6) is 11.5 Å². The van der Waals surface area contributed by atoms with Crippen LogP contribution < -0.4 is 9.47 Å². The lowest BCUT2D eigenvalue weighted by Crippen LogP contribution is -2.74. The molecule has 0 aliphatic heterocycles. The van der Waals surface area contributed by atoms with Crippen molar-refractivity contribution >= 4 is 27.5 Å². The molecule has 82 heavy (non-hydrogen) atoms. The van der Waals surface area contributed by atoms with E-state index in [2.05, 4.69) is 0 Å². The van der Waals surface area contributed by atoms with Crippen LogP contribution in [0.15, 0.2) is 72.8 Å². The van der Waals surface area contributed by atoms with E-state index in [1.807, 2.05) is 0 Å². The van der Waals surface area contributed by atoms with Crippen molar-refractivity contribution in [1.29, 1.82) is 0 Å². The number of carbonyl (C=O) groups excluding carboxylic acids is 1. The topological polar surface area (TPSA) is 44.8 Å². The maximum absolute atomic E-state index is 14.6. The number of rotatable bonds is 25. The summed E-state index contributed by atoms with van der Waals surface area (Å²) < 4.78 is 482. The quantitative estimate of drug-likeness (QED) is 0.0287. The SMILES string of the molecule is O=C(OCc1cc(OCCCC(F)(F)C(F)(F)C(F)(F)C(F)(F)C(F)(F)C(F)(F)C(F)(F)C(F)(F)F)cc(OCCCC(F)(F)C(F)(F)C(F)(F)C(F)(F)C(F)(F)C(F)(F)C(F)(F)C(F)(F)F)c1)c1c2ccccc2cc2ccccc12. The van der Waals surface area contributed by atoms with Gasteiger partial charge in [-0.2, -0.15) is 149 Å². The first-order valence-electron chi connectivity index (χ1n) is 21.4. The van der Waals surface area contributed by atoms with Crippen molar-refractivity contribution in [2.75, 3.05) is 13.2 Å². The summed E-state index contributed by atoms with van der Waals surface area (Å²) in [6.07, 6.45) is -26.0. The summed E-state index contributed by atoms with van der Waals surface area (Å²) in [4.78, 5) is 13.6. The standard InChI is InChI=1S/C44H26F34O4/c45-29(46,31(49,50)33(53,54)35(57,58)37(61,62)39(65,66)41(69,70)43(73,74)75)11-5-13-80-23-15-20(19-82-28(79)27-25-9-3-1-7-21(25)17-22-8-2-4-10-26(22)27)16-24(18-23)81-14-6-12-30(47,48)32(51,52)34(55,56)36(59,60)38(63,64)40(67,68)42(71,72)44(76,77)78/h1-4,7-10,15-18H,5-6,11-14,19H2. The number of fused-ring (bicyclic) bond motifs is 2. The Morgan fingerprint density at radius 1 is 0.341 bits per heavy atom. The molecule has 0 fully saturated rings. The highest BCUT2D eigenvalue weighted by molar-refractivity contribution is 6.16. The Hall–Kier alpha value is -5.91. The van der Waals surface area contributed by atoms with E-state index < -0.39 is 164 Å². The average molecular weight is 1260 g/mol. The first-order chi connectivity index (χ1) is 36.5. The maximum Gasteiger partial charge on any atom is 0.460 e. The van der Waals surface area contributed by atoms with Gasteiger partial charge in [-0.05, 0) is 58.1 Å². The second-order valence-corrected chi connectivity index (χ2v) is 17.3. The van der Waals surface area contributed by atoms with Gasteiger partial charge in [-0.25, -0.2) is 4.79 Å². The van der Waals surface area contributed by atoms with E-state index in [0.29, 0.717) is 29.0 Å². The van der Waals surface area contributed by atoms with Crippen molar-refractivity contribution in [3.8, 4) is 11.5 Å². The molecule has 464 valence electrons. The smallest absolute Gasteiger partial charge is 0.460 e. The largest absolute Gasteiger partial charge is 0.493 e. The zero-order chi connectivity index (χ0) is 63.8. The van der Waals surface area contributed by atoms with Crippen LogP contribution in [0, 0.1) is 0 Å². The summed E-state index contributed by atoms with van der Waals surface area (Å²) in [7, 11) is 0. The van der Waals surface area contributed by atoms with E-state index in [9.17, 15) is 154 Å². The van der Waals surface area contributed by atoms with Crippen molar-refractivity contribution in [2.24, 2.45) is 0 Å². The van der Waals surface area contributed by atoms with Gasteiger partial charge in [-0.3, -0.25) is 0 Å². The zero-order valence-corrected chi connectivity index (χ0v) is 38.9. The maximum atomic E-state index is 14.6. The van der Waals surface area contributed by atoms with E-state index in [1.165, 1.54) is 48.5 Å². The fraction of sp³-hybridized carbons (Fsp3) is 0.523. The number of alkyl halides is 34. The first-order valence-corrected chi connectivity index (χ1v) is 21.4. The third-order valence-corrected chi connectivity index (χ3v) is 11.7. The molecule has 0 N–H and O–H groups in total. The minimum atomic E-state index is -8.94. The van der Waals surface area contributed by atoms with Crippen LogP contribution in [0.1, 0.15) is 41.6 Å². The molecule has 0 saturated heterocycles. The van der Waals surface area contributed by atoms with E-state index in [4.69, 9.17) is 14.2 Å². The monoisotopic (exact) mass is 1260 g/mol. The van der Waals surface area contributed by atoms with Gasteiger partial charge in [0, 0.05) is 18.9 Å². The Balaban J connectivity index is 1.63. The van der Waals surface area contributed by atoms with Crippen LogP contribution in [-0.2, 0) is 11.3 Å². The minimum absolute atomic E-state index is 0.187. The molecule has 0 heterocycles. The van der Waals surface area contributed by atoms with Crippen LogP contribution in [0.3, 0.4) is 0 Å². The third-order valence-electron chi connectivity index (χ3n) is 11.7. The lowest BCUT2D eigenvalue weighted by molar-refractivity contribution is -0.461. The minimum Gasteiger partial charge on any atom is -0.493 e. The van der Waals surface area contributed by atoms with Gasteiger partial charge in [0.1, 0.15) is 18.1 Å². The van der Waals surface area contributed by atoms with E-state index in [1.54, 1.807) is 6.07 Å². The van der Waals surface area contributed by atoms with E-state index in [-0.39, 0.29) is 16.3 Å². The van der Waals surface area contributed by atoms with Gasteiger partial charge in [0.15, 0.2) is 0 Å². The Bertz CT molecular complexity index is 2750. The molecular weight excluding hydrogens is 1240 g/mol. The summed E-state index contributed by atoms with van der Waals surface area (Å²) in [5.41, 5.74) is -0.765. The van der Waals surface area contributed by atoms with Crippen molar-refractivity contribution in [2.45, 2.75) is 128 Å². The highest BCUT2D eigenvalue weighted by Crippen LogP contribution is 2.66. The van der Waals surface area contributed by atoms with Gasteiger partial charge in [0.2, 0.25) is 0 Å². The molecule has 4 rings (SSSR count). The zero-order valence-electron chi connectivity index (χ0n) is 38.9. The van der Waals surface area contributed by atoms with E-state index in [0.717, 1.165) is 0 Å². The molecule has 38 heteroatoms. The van der Waals surface area contributed by atoms with Gasteiger partial charge in [-0.1, -0.05) is 48.5 Å². The fourth-order valence-electron chi connectivity index (χ4n) is 7.01. The van der Waals surface area contributed by atoms with Crippen LogP contribution in [0.25, 0.3) is 21.5 Å². The normalized spacial score (nSPS) is 15.1. The predicted molar refractivity (Wildman–Crippen MR) is 208 cm³/mol. The van der Waals surface area contributed by atoms with Gasteiger partial charge >= 0.3 is 101 Å². The summed E-state index contributed by atoms with van der Waals surface area (Å²) >= 11 is 0. The van der Waals surface area contributed by atoms with Crippen molar-refractivity contribution in [3.05, 3.63) is 83.9 Å². The highest BCUT2D eigenvalue weighted by atomic mass is 19.4. The van der Waals surface area contributed by atoms with Crippen LogP contribution in [0.4, 0.5) is 149 Å². The molecule has 4 aromatic rings. The Morgan fingerprint density at radius 2 is 0.622 bits per heavy atom. The number of ether oxygens (including phenoxy) is 3. The average Bonchev–Trinajstić information content (AvgIpc) is 3.33. The highest BCUT2D eigenvalue weighted by Gasteiger charge is 2.97. The van der Waals surface area contributed by atoms with Crippen LogP contribution in [0.2, 0.25) is 0 Å². The fourth-order valence-corrected chi connectivity index (χ4v) is 7.01. The van der Waals surface area contributed by atoms with Gasteiger partial charge in [-0.15, -0.1) is 0 Å². The number of carbonyl (C=O) groups is 1. The second-order valence-electron chi connectivity index (χ2n) is 17.3. The van der Waals surface area contributed by atoms with Gasteiger partial charge < -0.3 is 14.2 Å². The molecule has 0 unspecified atom stereocenters. The number of esters is 1. The molecule has 4 nitrogen and oxygen atoms in total. The van der Waals surface area contributed by atoms with Gasteiger partial charge in [0.05, 0.1) is 18.8 Å². The molecule has 0 radical (unpaired) electrons. The van der Waals surface area contributed by atoms with Crippen molar-refractivity contribution < 1.29 is 168 Å². The molecule has 0 aliphatic carbocycles. The summed E-state index contributed by atoms with van der Waals surface area (Å²) in [5.74, 6) is -121. The van der Waals surface area contributed by atoms with Gasteiger partial charge in [0.25, 0.3) is 0 Å². The molecular formula is C44H26F34O4. The number of benzene rings is 4. The van der Waals surface area contributed by atoms with Crippen LogP contribution >= 0.6 is 0 Å². The van der Waals surface area contributed by atoms with Crippen molar-refractivity contribution in [3.63, 3.8) is 0 Å². The number of hydrogen-bond donors (Lipinski definition) is 0. The summed E-state index contributed by atoms with van der Waals surface area (Å²) in [6.45, 7) is -4.49. The van der Waals surface area contributed by atoms with E-state index >= 15 is 0 Å². The lowest BCUT2D eigenvalue weighted by atomic mass is 9.88. The molecule has 0 aromatic heterocycles. The molecule has 0 saturated carbocycles. The second kappa shape index (κ2) is 21.3. The molecule has 0 spiro atoms. The Labute approximate surface area is 432 Å². The third kappa shape index (κ3) is 10.8. The Kier molecular flexibility index (Phi) is 17.8. The molecule has 0 aliphatic rings. The number of hydrogen-bond acceptors (Lipinski definition) is 4. The van der Waals surface area contributed by atoms with Crippen molar-refractivity contribution in [1.82, 2.24) is 0 Å². The predicted octanol–water partition coefficient (Wildman–Crippen LogP) is 17.7. The Morgan fingerprint density at radius 3 is 0.927 bits per heavy atom. The molecule has 4 aromatic carbocycles. The first kappa shape index (κ1) is 68.6.